The van der Waals surface area contributed by atoms with Crippen molar-refractivity contribution in [2.75, 3.05) is 4.90 Å². The average molecular weight is 378 g/mol. The Hall–Kier alpha value is -3.23. The third kappa shape index (κ3) is 2.15. The Morgan fingerprint density at radius 1 is 1.07 bits per heavy atom. The Morgan fingerprint density at radius 2 is 1.93 bits per heavy atom. The second kappa shape index (κ2) is 5.88. The Balaban J connectivity index is 1.44. The zero-order valence-corrected chi connectivity index (χ0v) is 15.1. The maximum absolute atomic E-state index is 13.3. The standard InChI is InChI=1S/C19H19FN8/c20-12-5-7-13(8-6-12)28-16(9-22-25-28)19-24-23-18-14-3-1-2-4-15(14)26-11-21-10-17(26)27(18)19/h5-11,14-15,18,23H,1-4H2. The summed E-state index contributed by atoms with van der Waals surface area (Å²) < 4.78 is 17.3. The Kier molecular flexibility index (Phi) is 3.32. The van der Waals surface area contributed by atoms with Gasteiger partial charge in [0.2, 0.25) is 0 Å². The van der Waals surface area contributed by atoms with E-state index in [4.69, 9.17) is 0 Å². The summed E-state index contributed by atoms with van der Waals surface area (Å²) in [7, 11) is 0. The van der Waals surface area contributed by atoms with Crippen LogP contribution in [0.1, 0.15) is 37.4 Å². The van der Waals surface area contributed by atoms with Crippen molar-refractivity contribution >= 4 is 11.7 Å². The summed E-state index contributed by atoms with van der Waals surface area (Å²) in [6.45, 7) is 0. The summed E-state index contributed by atoms with van der Waals surface area (Å²) in [5, 5.41) is 13.0. The van der Waals surface area contributed by atoms with Gasteiger partial charge in [-0.3, -0.25) is 10.3 Å². The van der Waals surface area contributed by atoms with Gasteiger partial charge < -0.3 is 4.57 Å². The summed E-state index contributed by atoms with van der Waals surface area (Å²) in [6, 6.07) is 6.66. The lowest BCUT2D eigenvalue weighted by Gasteiger charge is -2.45. The van der Waals surface area contributed by atoms with Crippen molar-refractivity contribution in [3.8, 4) is 5.69 Å². The topological polar surface area (TPSA) is 76.2 Å². The van der Waals surface area contributed by atoms with Gasteiger partial charge in [0, 0.05) is 12.0 Å². The van der Waals surface area contributed by atoms with Crippen LogP contribution in [0.3, 0.4) is 0 Å². The lowest BCUT2D eigenvalue weighted by Crippen LogP contribution is -2.53. The number of hydrogen-bond acceptors (Lipinski definition) is 6. The lowest BCUT2D eigenvalue weighted by atomic mass is 9.80. The number of aromatic nitrogens is 5. The number of nitrogens with one attached hydrogen (secondary N) is 1. The molecule has 0 amide bonds. The van der Waals surface area contributed by atoms with Gasteiger partial charge >= 0.3 is 0 Å². The van der Waals surface area contributed by atoms with E-state index >= 15 is 0 Å². The second-order valence-corrected chi connectivity index (χ2v) is 7.56. The minimum absolute atomic E-state index is 0.0982. The average Bonchev–Trinajstić information content (AvgIpc) is 3.46. The van der Waals surface area contributed by atoms with E-state index in [1.165, 1.54) is 31.4 Å². The first kappa shape index (κ1) is 15.8. The van der Waals surface area contributed by atoms with Crippen molar-refractivity contribution in [1.29, 1.82) is 0 Å². The SMILES string of the molecule is Fc1ccc(-n2nncc2C2=NNC3C4CCCCC4n4cncc4N23)cc1. The Labute approximate surface area is 160 Å². The minimum Gasteiger partial charge on any atom is -0.314 e. The number of fused-ring (bicyclic) bond motifs is 6. The van der Waals surface area contributed by atoms with Crippen LogP contribution >= 0.6 is 0 Å². The van der Waals surface area contributed by atoms with E-state index in [0.717, 1.165) is 29.5 Å². The van der Waals surface area contributed by atoms with Crippen LogP contribution in [0.15, 0.2) is 48.1 Å². The molecule has 142 valence electrons. The molecule has 28 heavy (non-hydrogen) atoms. The number of anilines is 1. The maximum Gasteiger partial charge on any atom is 0.183 e. The van der Waals surface area contributed by atoms with Crippen LogP contribution in [-0.2, 0) is 0 Å². The molecule has 0 radical (unpaired) electrons. The summed E-state index contributed by atoms with van der Waals surface area (Å²) in [5.41, 5.74) is 4.85. The zero-order chi connectivity index (χ0) is 18.7. The predicted octanol–water partition coefficient (Wildman–Crippen LogP) is 2.45. The highest BCUT2D eigenvalue weighted by atomic mass is 19.1. The minimum atomic E-state index is -0.284. The second-order valence-electron chi connectivity index (χ2n) is 7.56. The molecule has 0 saturated heterocycles. The summed E-state index contributed by atoms with van der Waals surface area (Å²) in [5.74, 6) is 1.97. The van der Waals surface area contributed by atoms with Gasteiger partial charge in [0.1, 0.15) is 23.5 Å². The molecule has 1 aromatic carbocycles. The fourth-order valence-electron chi connectivity index (χ4n) is 4.84. The molecule has 8 nitrogen and oxygen atoms in total. The number of hydrazone groups is 1. The molecule has 2 aromatic heterocycles. The third-order valence-electron chi connectivity index (χ3n) is 6.10. The van der Waals surface area contributed by atoms with Crippen LogP contribution in [0.2, 0.25) is 0 Å². The fourth-order valence-corrected chi connectivity index (χ4v) is 4.84. The zero-order valence-electron chi connectivity index (χ0n) is 15.1. The molecule has 3 atom stereocenters. The molecule has 1 saturated carbocycles. The number of halogens is 1. The van der Waals surface area contributed by atoms with Crippen LogP contribution in [-0.4, -0.2) is 36.5 Å². The highest BCUT2D eigenvalue weighted by Gasteiger charge is 2.47. The molecule has 1 aliphatic carbocycles. The van der Waals surface area contributed by atoms with E-state index in [1.807, 2.05) is 12.5 Å². The molecule has 6 rings (SSSR count). The molecule has 0 spiro atoms. The number of amidine groups is 1. The molecule has 4 heterocycles. The molecule has 1 N–H and O–H groups in total. The van der Waals surface area contributed by atoms with Gasteiger partial charge in [-0.25, -0.2) is 14.1 Å². The molecular weight excluding hydrogens is 359 g/mol. The molecule has 0 bridgehead atoms. The Morgan fingerprint density at radius 3 is 2.82 bits per heavy atom. The number of hydrogen-bond donors (Lipinski definition) is 1. The van der Waals surface area contributed by atoms with Crippen molar-refractivity contribution in [2.45, 2.75) is 37.9 Å². The molecular formula is C19H19FN8. The molecule has 3 unspecified atom stereocenters. The van der Waals surface area contributed by atoms with Crippen LogP contribution in [0.4, 0.5) is 10.2 Å². The smallest absolute Gasteiger partial charge is 0.183 e. The van der Waals surface area contributed by atoms with E-state index in [1.54, 1.807) is 23.0 Å². The largest absolute Gasteiger partial charge is 0.314 e. The van der Waals surface area contributed by atoms with Gasteiger partial charge in [-0.05, 0) is 37.1 Å². The highest BCUT2D eigenvalue weighted by molar-refractivity contribution is 6.10. The first-order valence-corrected chi connectivity index (χ1v) is 9.62. The van der Waals surface area contributed by atoms with Crippen molar-refractivity contribution in [1.82, 2.24) is 30.0 Å². The third-order valence-corrected chi connectivity index (χ3v) is 6.10. The monoisotopic (exact) mass is 378 g/mol. The predicted molar refractivity (Wildman–Crippen MR) is 100 cm³/mol. The van der Waals surface area contributed by atoms with Crippen LogP contribution < -0.4 is 10.3 Å². The fraction of sp³-hybridized carbons (Fsp3) is 0.368. The molecule has 3 aliphatic rings. The summed E-state index contributed by atoms with van der Waals surface area (Å²) >= 11 is 0. The first-order valence-electron chi connectivity index (χ1n) is 9.62. The van der Waals surface area contributed by atoms with E-state index in [0.29, 0.717) is 12.0 Å². The van der Waals surface area contributed by atoms with Crippen LogP contribution in [0.25, 0.3) is 5.69 Å². The van der Waals surface area contributed by atoms with Crippen molar-refractivity contribution in [2.24, 2.45) is 11.0 Å². The van der Waals surface area contributed by atoms with E-state index in [9.17, 15) is 4.39 Å². The van der Waals surface area contributed by atoms with Gasteiger partial charge in [0.05, 0.1) is 24.4 Å². The van der Waals surface area contributed by atoms with Crippen molar-refractivity contribution in [3.05, 3.63) is 54.5 Å². The molecule has 1 fully saturated rings. The summed E-state index contributed by atoms with van der Waals surface area (Å²) in [4.78, 5) is 6.63. The van der Waals surface area contributed by atoms with Gasteiger partial charge in [0.25, 0.3) is 0 Å². The van der Waals surface area contributed by atoms with Crippen molar-refractivity contribution < 1.29 is 4.39 Å². The number of benzene rings is 1. The van der Waals surface area contributed by atoms with Gasteiger partial charge in [-0.2, -0.15) is 5.10 Å². The normalized spacial score (nSPS) is 25.5. The van der Waals surface area contributed by atoms with E-state index in [2.05, 4.69) is 35.3 Å². The molecule has 2 aliphatic heterocycles. The quantitative estimate of drug-likeness (QED) is 0.741. The molecule has 3 aromatic rings. The van der Waals surface area contributed by atoms with E-state index in [-0.39, 0.29) is 12.0 Å². The van der Waals surface area contributed by atoms with Gasteiger partial charge in [0.15, 0.2) is 5.84 Å². The number of nitrogens with zero attached hydrogens (tertiary/aromatic N) is 7. The first-order chi connectivity index (χ1) is 13.8. The Bertz CT molecular complexity index is 1050. The maximum atomic E-state index is 13.3. The summed E-state index contributed by atoms with van der Waals surface area (Å²) in [6.07, 6.45) is 10.4. The highest BCUT2D eigenvalue weighted by Crippen LogP contribution is 2.45. The van der Waals surface area contributed by atoms with Crippen molar-refractivity contribution in [3.63, 3.8) is 0 Å². The number of rotatable bonds is 2. The lowest BCUT2D eigenvalue weighted by molar-refractivity contribution is 0.176. The van der Waals surface area contributed by atoms with E-state index < -0.39 is 0 Å². The number of imidazole rings is 1. The molecule has 9 heteroatoms. The van der Waals surface area contributed by atoms with Gasteiger partial charge in [-0.15, -0.1) is 5.10 Å². The van der Waals surface area contributed by atoms with Gasteiger partial charge in [-0.1, -0.05) is 18.1 Å². The van der Waals surface area contributed by atoms with Crippen LogP contribution in [0.5, 0.6) is 0 Å². The van der Waals surface area contributed by atoms with Crippen LogP contribution in [0, 0.1) is 11.7 Å².